The molecule has 0 bridgehead atoms. The Kier molecular flexibility index (Phi) is 5.71. The predicted octanol–water partition coefficient (Wildman–Crippen LogP) is 3.49. The van der Waals surface area contributed by atoms with Crippen LogP contribution in [0.15, 0.2) is 12.3 Å². The summed E-state index contributed by atoms with van der Waals surface area (Å²) >= 11 is 6.08. The van der Waals surface area contributed by atoms with E-state index in [2.05, 4.69) is 0 Å². The van der Waals surface area contributed by atoms with Gasteiger partial charge >= 0.3 is 0 Å². The molecular weight excluding hydrogens is 288 g/mol. The molecule has 0 saturated heterocycles. The molecule has 0 unspecified atom stereocenters. The van der Waals surface area contributed by atoms with Gasteiger partial charge in [-0.25, -0.2) is 0 Å². The molecule has 118 valence electrons. The Labute approximate surface area is 131 Å². The topological polar surface area (TPSA) is 45.5 Å². The Bertz CT molecular complexity index is 479. The zero-order chi connectivity index (χ0) is 15.4. The lowest BCUT2D eigenvalue weighted by molar-refractivity contribution is 0.0573. The number of halogens is 1. The van der Waals surface area contributed by atoms with Crippen molar-refractivity contribution in [2.45, 2.75) is 58.0 Å². The van der Waals surface area contributed by atoms with Crippen LogP contribution >= 0.6 is 11.6 Å². The minimum atomic E-state index is -0.0171. The number of aromatic nitrogens is 1. The molecule has 1 amide bonds. The van der Waals surface area contributed by atoms with Gasteiger partial charge in [-0.2, -0.15) is 0 Å². The maximum Gasteiger partial charge on any atom is 0.270 e. The number of amides is 1. The van der Waals surface area contributed by atoms with Gasteiger partial charge < -0.3 is 14.6 Å². The van der Waals surface area contributed by atoms with Crippen molar-refractivity contribution in [3.63, 3.8) is 0 Å². The van der Waals surface area contributed by atoms with Gasteiger partial charge in [0, 0.05) is 24.8 Å². The fourth-order valence-corrected chi connectivity index (χ4v) is 3.35. The van der Waals surface area contributed by atoms with Crippen molar-refractivity contribution in [2.24, 2.45) is 0 Å². The van der Waals surface area contributed by atoms with Gasteiger partial charge in [-0.3, -0.25) is 4.79 Å². The third kappa shape index (κ3) is 3.80. The number of carbonyl (C=O) groups excluding carboxylic acids is 1. The van der Waals surface area contributed by atoms with E-state index < -0.39 is 0 Å². The van der Waals surface area contributed by atoms with E-state index in [1.807, 2.05) is 23.3 Å². The van der Waals surface area contributed by atoms with E-state index in [1.165, 1.54) is 6.42 Å². The summed E-state index contributed by atoms with van der Waals surface area (Å²) in [6.45, 7) is 4.46. The molecule has 1 aliphatic rings. The molecule has 2 rings (SSSR count). The van der Waals surface area contributed by atoms with Crippen LogP contribution in [-0.2, 0) is 0 Å². The highest BCUT2D eigenvalue weighted by atomic mass is 35.5. The molecular formula is C16H25ClN2O2. The summed E-state index contributed by atoms with van der Waals surface area (Å²) in [6, 6.07) is 2.16. The number of aliphatic hydroxyl groups is 1. The highest BCUT2D eigenvalue weighted by molar-refractivity contribution is 6.31. The van der Waals surface area contributed by atoms with Crippen molar-refractivity contribution < 1.29 is 9.90 Å². The average Bonchev–Trinajstić information content (AvgIpc) is 2.87. The predicted molar refractivity (Wildman–Crippen MR) is 84.8 cm³/mol. The Morgan fingerprint density at radius 1 is 1.43 bits per heavy atom. The fourth-order valence-electron chi connectivity index (χ4n) is 3.14. The van der Waals surface area contributed by atoms with Crippen molar-refractivity contribution >= 4 is 17.5 Å². The normalized spacial score (nSPS) is 16.4. The first-order valence-corrected chi connectivity index (χ1v) is 8.21. The molecule has 0 aromatic carbocycles. The third-order valence-corrected chi connectivity index (χ3v) is 4.41. The number of carbonyl (C=O) groups is 1. The summed E-state index contributed by atoms with van der Waals surface area (Å²) < 4.78 is 1.91. The summed E-state index contributed by atoms with van der Waals surface area (Å²) in [5.74, 6) is -0.0171. The second kappa shape index (κ2) is 7.32. The molecule has 0 spiro atoms. The first kappa shape index (κ1) is 16.4. The summed E-state index contributed by atoms with van der Waals surface area (Å²) in [5.41, 5.74) is 0.619. The van der Waals surface area contributed by atoms with Gasteiger partial charge in [-0.1, -0.05) is 30.9 Å². The van der Waals surface area contributed by atoms with Crippen molar-refractivity contribution in [2.75, 3.05) is 13.2 Å². The number of rotatable bonds is 5. The van der Waals surface area contributed by atoms with Crippen LogP contribution in [0.25, 0.3) is 0 Å². The maximum atomic E-state index is 12.9. The second-order valence-electron chi connectivity index (χ2n) is 6.06. The van der Waals surface area contributed by atoms with Crippen molar-refractivity contribution in [1.29, 1.82) is 0 Å². The van der Waals surface area contributed by atoms with Crippen LogP contribution in [0.3, 0.4) is 0 Å². The monoisotopic (exact) mass is 312 g/mol. The van der Waals surface area contributed by atoms with Gasteiger partial charge in [0.2, 0.25) is 0 Å². The Balaban J connectivity index is 2.25. The average molecular weight is 313 g/mol. The van der Waals surface area contributed by atoms with Crippen LogP contribution in [0.1, 0.15) is 62.5 Å². The number of aliphatic hydroxyl groups excluding tert-OH is 1. The van der Waals surface area contributed by atoms with E-state index in [9.17, 15) is 9.90 Å². The lowest BCUT2D eigenvalue weighted by Crippen LogP contribution is -2.43. The Morgan fingerprint density at radius 2 is 2.10 bits per heavy atom. The van der Waals surface area contributed by atoms with Crippen molar-refractivity contribution in [3.8, 4) is 0 Å². The SMILES string of the molecule is CC(C)n1cc(Cl)cc1C(=O)N(CCO)C1CCCCC1. The number of nitrogens with zero attached hydrogens (tertiary/aromatic N) is 2. The Morgan fingerprint density at radius 3 is 2.67 bits per heavy atom. The van der Waals surface area contributed by atoms with E-state index in [4.69, 9.17) is 11.6 Å². The maximum absolute atomic E-state index is 12.9. The van der Waals surface area contributed by atoms with E-state index in [0.29, 0.717) is 17.3 Å². The first-order chi connectivity index (χ1) is 10.0. The van der Waals surface area contributed by atoms with E-state index in [-0.39, 0.29) is 24.6 Å². The molecule has 1 N–H and O–H groups in total. The Hall–Kier alpha value is -1.00. The van der Waals surface area contributed by atoms with Crippen LogP contribution in [0.4, 0.5) is 0 Å². The molecule has 1 fully saturated rings. The quantitative estimate of drug-likeness (QED) is 0.904. The molecule has 1 aromatic heterocycles. The van der Waals surface area contributed by atoms with Gasteiger partial charge in [0.15, 0.2) is 0 Å². The fraction of sp³-hybridized carbons (Fsp3) is 0.688. The van der Waals surface area contributed by atoms with Crippen LogP contribution in [0.2, 0.25) is 5.02 Å². The zero-order valence-electron chi connectivity index (χ0n) is 12.9. The molecule has 1 aliphatic carbocycles. The summed E-state index contributed by atoms with van der Waals surface area (Å²) in [5, 5.41) is 9.90. The minimum absolute atomic E-state index is 0.00163. The number of hydrogen-bond donors (Lipinski definition) is 1. The number of hydrogen-bond acceptors (Lipinski definition) is 2. The molecule has 1 aromatic rings. The van der Waals surface area contributed by atoms with Crippen LogP contribution < -0.4 is 0 Å². The lowest BCUT2D eigenvalue weighted by Gasteiger charge is -2.34. The zero-order valence-corrected chi connectivity index (χ0v) is 13.6. The van der Waals surface area contributed by atoms with E-state index >= 15 is 0 Å². The van der Waals surface area contributed by atoms with Crippen molar-refractivity contribution in [3.05, 3.63) is 23.0 Å². The molecule has 1 saturated carbocycles. The molecule has 1 heterocycles. The largest absolute Gasteiger partial charge is 0.395 e. The molecule has 5 heteroatoms. The summed E-state index contributed by atoms with van der Waals surface area (Å²) in [6.07, 6.45) is 7.42. The molecule has 0 aliphatic heterocycles. The van der Waals surface area contributed by atoms with Crippen LogP contribution in [0.5, 0.6) is 0 Å². The van der Waals surface area contributed by atoms with Crippen molar-refractivity contribution in [1.82, 2.24) is 9.47 Å². The summed E-state index contributed by atoms with van der Waals surface area (Å²) in [7, 11) is 0. The molecule has 0 radical (unpaired) electrons. The first-order valence-electron chi connectivity index (χ1n) is 7.83. The smallest absolute Gasteiger partial charge is 0.270 e. The van der Waals surface area contributed by atoms with Gasteiger partial charge in [0.25, 0.3) is 5.91 Å². The lowest BCUT2D eigenvalue weighted by atomic mass is 9.94. The van der Waals surface area contributed by atoms with Gasteiger partial charge in [-0.05, 0) is 32.8 Å². The van der Waals surface area contributed by atoms with Crippen LogP contribution in [0, 0.1) is 0 Å². The third-order valence-electron chi connectivity index (χ3n) is 4.21. The minimum Gasteiger partial charge on any atom is -0.395 e. The highest BCUT2D eigenvalue weighted by Gasteiger charge is 2.28. The highest BCUT2D eigenvalue weighted by Crippen LogP contribution is 2.26. The summed E-state index contributed by atoms with van der Waals surface area (Å²) in [4.78, 5) is 14.7. The molecule has 0 atom stereocenters. The van der Waals surface area contributed by atoms with Gasteiger partial charge in [0.1, 0.15) is 5.69 Å². The second-order valence-corrected chi connectivity index (χ2v) is 6.50. The van der Waals surface area contributed by atoms with E-state index in [1.54, 1.807) is 12.3 Å². The molecule has 4 nitrogen and oxygen atoms in total. The standard InChI is InChI=1S/C16H25ClN2O2/c1-12(2)19-11-13(17)10-15(19)16(21)18(8-9-20)14-6-4-3-5-7-14/h10-12,14,20H,3-9H2,1-2H3. The molecule has 21 heavy (non-hydrogen) atoms. The van der Waals surface area contributed by atoms with Crippen LogP contribution in [-0.4, -0.2) is 39.7 Å². The van der Waals surface area contributed by atoms with E-state index in [0.717, 1.165) is 25.7 Å². The van der Waals surface area contributed by atoms with Gasteiger partial charge in [0.05, 0.1) is 11.6 Å². The van der Waals surface area contributed by atoms with Gasteiger partial charge in [-0.15, -0.1) is 0 Å².